The first-order valence-corrected chi connectivity index (χ1v) is 5.16. The summed E-state index contributed by atoms with van der Waals surface area (Å²) in [4.78, 5) is 22.3. The molecule has 0 saturated heterocycles. The maximum absolute atomic E-state index is 11.3. The summed E-state index contributed by atoms with van der Waals surface area (Å²) in [5.41, 5.74) is 6.30. The fourth-order valence-electron chi connectivity index (χ4n) is 1.21. The van der Waals surface area contributed by atoms with Crippen LogP contribution in [0.2, 0.25) is 0 Å². The lowest BCUT2D eigenvalue weighted by Gasteiger charge is -2.09. The molecular formula is C12H16ClNO4. The summed E-state index contributed by atoms with van der Waals surface area (Å²) in [6, 6.07) is 8.29. The molecule has 5 nitrogen and oxygen atoms in total. The van der Waals surface area contributed by atoms with Gasteiger partial charge in [-0.3, -0.25) is 9.59 Å². The second kappa shape index (κ2) is 8.49. The van der Waals surface area contributed by atoms with Gasteiger partial charge in [-0.2, -0.15) is 0 Å². The van der Waals surface area contributed by atoms with Gasteiger partial charge in [0.05, 0.1) is 13.5 Å². The minimum atomic E-state index is -0.969. The Morgan fingerprint density at radius 1 is 1.28 bits per heavy atom. The Kier molecular flexibility index (Phi) is 7.74. The molecule has 18 heavy (non-hydrogen) atoms. The number of hydrogen-bond donors (Lipinski definition) is 1. The first-order valence-electron chi connectivity index (χ1n) is 5.16. The summed E-state index contributed by atoms with van der Waals surface area (Å²) < 4.78 is 9.37. The van der Waals surface area contributed by atoms with Gasteiger partial charge in [0.2, 0.25) is 0 Å². The number of rotatable bonds is 5. The molecule has 0 aliphatic carbocycles. The zero-order chi connectivity index (χ0) is 12.7. The van der Waals surface area contributed by atoms with Crippen molar-refractivity contribution >= 4 is 24.3 Å². The number of ether oxygens (including phenoxy) is 2. The molecule has 0 amide bonds. The molecule has 0 aromatic heterocycles. The van der Waals surface area contributed by atoms with Gasteiger partial charge in [0.15, 0.2) is 0 Å². The number of hydrogen-bond acceptors (Lipinski definition) is 5. The van der Waals surface area contributed by atoms with Gasteiger partial charge in [-0.1, -0.05) is 30.3 Å². The van der Waals surface area contributed by atoms with Gasteiger partial charge >= 0.3 is 11.9 Å². The van der Waals surface area contributed by atoms with Crippen molar-refractivity contribution in [1.82, 2.24) is 0 Å². The average Bonchev–Trinajstić information content (AvgIpc) is 2.36. The van der Waals surface area contributed by atoms with E-state index in [4.69, 9.17) is 10.5 Å². The maximum Gasteiger partial charge on any atom is 0.323 e. The zero-order valence-electron chi connectivity index (χ0n) is 10.00. The Bertz CT molecular complexity index is 383. The number of carbonyl (C=O) groups excluding carboxylic acids is 2. The highest BCUT2D eigenvalue weighted by Gasteiger charge is 2.18. The van der Waals surface area contributed by atoms with Crippen molar-refractivity contribution in [2.45, 2.75) is 19.1 Å². The van der Waals surface area contributed by atoms with Crippen LogP contribution in [-0.4, -0.2) is 25.1 Å². The van der Waals surface area contributed by atoms with Gasteiger partial charge in [0.1, 0.15) is 12.6 Å². The number of halogens is 1. The lowest BCUT2D eigenvalue weighted by Crippen LogP contribution is -2.34. The van der Waals surface area contributed by atoms with E-state index in [-0.39, 0.29) is 25.4 Å². The number of benzene rings is 1. The fourth-order valence-corrected chi connectivity index (χ4v) is 1.21. The molecule has 100 valence electrons. The SMILES string of the molecule is COC(=O)C(N)CC(=O)OCc1ccccc1.Cl. The highest BCUT2D eigenvalue weighted by atomic mass is 35.5. The van der Waals surface area contributed by atoms with Crippen LogP contribution in [0, 0.1) is 0 Å². The van der Waals surface area contributed by atoms with E-state index in [1.165, 1.54) is 7.11 Å². The van der Waals surface area contributed by atoms with E-state index in [1.807, 2.05) is 30.3 Å². The summed E-state index contributed by atoms with van der Waals surface area (Å²) >= 11 is 0. The van der Waals surface area contributed by atoms with E-state index >= 15 is 0 Å². The molecule has 0 bridgehead atoms. The smallest absolute Gasteiger partial charge is 0.323 e. The second-order valence-electron chi connectivity index (χ2n) is 3.48. The molecular weight excluding hydrogens is 258 g/mol. The molecule has 0 saturated carbocycles. The lowest BCUT2D eigenvalue weighted by molar-refractivity contribution is -0.151. The second-order valence-corrected chi connectivity index (χ2v) is 3.48. The molecule has 1 rings (SSSR count). The summed E-state index contributed by atoms with van der Waals surface area (Å²) in [7, 11) is 1.22. The highest BCUT2D eigenvalue weighted by molar-refractivity contribution is 5.85. The van der Waals surface area contributed by atoms with Crippen LogP contribution in [-0.2, 0) is 25.7 Å². The van der Waals surface area contributed by atoms with E-state index in [2.05, 4.69) is 4.74 Å². The van der Waals surface area contributed by atoms with Crippen molar-refractivity contribution in [2.24, 2.45) is 5.73 Å². The molecule has 1 unspecified atom stereocenters. The van der Waals surface area contributed by atoms with Gasteiger partial charge in [0, 0.05) is 0 Å². The van der Waals surface area contributed by atoms with Crippen LogP contribution in [0.25, 0.3) is 0 Å². The molecule has 0 fully saturated rings. The lowest BCUT2D eigenvalue weighted by atomic mass is 10.2. The van der Waals surface area contributed by atoms with Gasteiger partial charge in [-0.25, -0.2) is 0 Å². The van der Waals surface area contributed by atoms with Gasteiger partial charge in [0.25, 0.3) is 0 Å². The topological polar surface area (TPSA) is 78.6 Å². The molecule has 0 heterocycles. The van der Waals surface area contributed by atoms with Gasteiger partial charge in [-0.15, -0.1) is 12.4 Å². The number of carbonyl (C=O) groups is 2. The van der Waals surface area contributed by atoms with Gasteiger partial charge < -0.3 is 15.2 Å². The summed E-state index contributed by atoms with van der Waals surface area (Å²) in [5.74, 6) is -1.14. The average molecular weight is 274 g/mol. The quantitative estimate of drug-likeness (QED) is 0.811. The number of esters is 2. The van der Waals surface area contributed by atoms with Crippen molar-refractivity contribution in [2.75, 3.05) is 7.11 Å². The van der Waals surface area contributed by atoms with Crippen LogP contribution in [0.15, 0.2) is 30.3 Å². The van der Waals surface area contributed by atoms with Crippen molar-refractivity contribution in [3.63, 3.8) is 0 Å². The van der Waals surface area contributed by atoms with E-state index in [1.54, 1.807) is 0 Å². The zero-order valence-corrected chi connectivity index (χ0v) is 10.8. The van der Waals surface area contributed by atoms with Crippen LogP contribution >= 0.6 is 12.4 Å². The van der Waals surface area contributed by atoms with Crippen molar-refractivity contribution in [3.05, 3.63) is 35.9 Å². The standard InChI is InChI=1S/C12H15NO4.ClH/c1-16-12(15)10(13)7-11(14)17-8-9-5-3-2-4-6-9;/h2-6,10H,7-8,13H2,1H3;1H. The summed E-state index contributed by atoms with van der Waals surface area (Å²) in [6.07, 6.45) is -0.181. The minimum absolute atomic E-state index is 0. The third kappa shape index (κ3) is 5.65. The molecule has 1 aromatic carbocycles. The number of nitrogens with two attached hydrogens (primary N) is 1. The predicted octanol–water partition coefficient (Wildman–Crippen LogP) is 1.04. The highest BCUT2D eigenvalue weighted by Crippen LogP contribution is 2.02. The van der Waals surface area contributed by atoms with E-state index in [9.17, 15) is 9.59 Å². The van der Waals surface area contributed by atoms with Crippen LogP contribution in [0.3, 0.4) is 0 Å². The minimum Gasteiger partial charge on any atom is -0.468 e. The molecule has 1 atom stereocenters. The van der Waals surface area contributed by atoms with Crippen molar-refractivity contribution in [3.8, 4) is 0 Å². The molecule has 0 aliphatic rings. The third-order valence-corrected chi connectivity index (χ3v) is 2.13. The van der Waals surface area contributed by atoms with E-state index in [0.29, 0.717) is 0 Å². The maximum atomic E-state index is 11.3. The van der Waals surface area contributed by atoms with Crippen LogP contribution < -0.4 is 5.73 Å². The Labute approximate surface area is 112 Å². The van der Waals surface area contributed by atoms with E-state index in [0.717, 1.165) is 5.56 Å². The van der Waals surface area contributed by atoms with Gasteiger partial charge in [-0.05, 0) is 5.56 Å². The van der Waals surface area contributed by atoms with Crippen LogP contribution in [0.1, 0.15) is 12.0 Å². The van der Waals surface area contributed by atoms with Crippen molar-refractivity contribution in [1.29, 1.82) is 0 Å². The fraction of sp³-hybridized carbons (Fsp3) is 0.333. The molecule has 0 aliphatic heterocycles. The molecule has 6 heteroatoms. The molecule has 0 spiro atoms. The monoisotopic (exact) mass is 273 g/mol. The Morgan fingerprint density at radius 3 is 2.44 bits per heavy atom. The first kappa shape index (κ1) is 16.4. The Balaban J connectivity index is 0.00000289. The van der Waals surface area contributed by atoms with Crippen LogP contribution in [0.5, 0.6) is 0 Å². The largest absolute Gasteiger partial charge is 0.468 e. The third-order valence-electron chi connectivity index (χ3n) is 2.13. The normalized spacial score (nSPS) is 11.0. The predicted molar refractivity (Wildman–Crippen MR) is 68.1 cm³/mol. The van der Waals surface area contributed by atoms with E-state index < -0.39 is 18.0 Å². The number of methoxy groups -OCH3 is 1. The summed E-state index contributed by atoms with van der Waals surface area (Å²) in [5, 5.41) is 0. The Morgan fingerprint density at radius 2 is 1.89 bits per heavy atom. The van der Waals surface area contributed by atoms with Crippen molar-refractivity contribution < 1.29 is 19.1 Å². The molecule has 2 N–H and O–H groups in total. The molecule has 0 radical (unpaired) electrons. The summed E-state index contributed by atoms with van der Waals surface area (Å²) in [6.45, 7) is 0.174. The molecule has 1 aromatic rings. The van der Waals surface area contributed by atoms with Crippen LogP contribution in [0.4, 0.5) is 0 Å². The first-order chi connectivity index (χ1) is 8.13. The Hall–Kier alpha value is -1.59.